The number of nitrogens with zero attached hydrogens (tertiary/aromatic N) is 5. The molecule has 0 radical (unpaired) electrons. The van der Waals surface area contributed by atoms with E-state index in [9.17, 15) is 10.4 Å². The molecule has 1 N–H and O–H groups in total. The Balaban J connectivity index is 1.56. The Kier molecular flexibility index (Phi) is 5.29. The minimum atomic E-state index is -0.0907. The smallest absolute Gasteiger partial charge is 0.277 e. The highest BCUT2D eigenvalue weighted by atomic mass is 32.2. The summed E-state index contributed by atoms with van der Waals surface area (Å²) in [5, 5.41) is 28.6. The lowest BCUT2D eigenvalue weighted by molar-refractivity contribution is 0.418. The quantitative estimate of drug-likeness (QED) is 0.282. The van der Waals surface area contributed by atoms with Crippen LogP contribution in [0.4, 0.5) is 0 Å². The normalized spacial score (nSPS) is 12.1. The Morgan fingerprint density at radius 1 is 1.17 bits per heavy atom. The lowest BCUT2D eigenvalue weighted by Gasteiger charge is -2.04. The van der Waals surface area contributed by atoms with Gasteiger partial charge in [-0.2, -0.15) is 5.26 Å². The summed E-state index contributed by atoms with van der Waals surface area (Å²) in [5.74, 6) is 0.856. The summed E-state index contributed by atoms with van der Waals surface area (Å²) in [6.07, 6.45) is 0. The molecule has 0 spiro atoms. The summed E-state index contributed by atoms with van der Waals surface area (Å²) in [6.45, 7) is 4.02. The molecule has 0 fully saturated rings. The van der Waals surface area contributed by atoms with E-state index < -0.39 is 0 Å². The number of allylic oxidation sites excluding steroid dienone is 1. The summed E-state index contributed by atoms with van der Waals surface area (Å²) >= 11 is 1.17. The molecule has 7 nitrogen and oxygen atoms in total. The maximum Gasteiger partial charge on any atom is 0.277 e. The largest absolute Gasteiger partial charge is 0.510 e. The van der Waals surface area contributed by atoms with Crippen LogP contribution in [0, 0.1) is 25.2 Å². The Morgan fingerprint density at radius 3 is 2.60 bits per heavy atom. The average molecular weight is 417 g/mol. The molecular weight excluding hydrogens is 398 g/mol. The minimum Gasteiger partial charge on any atom is -0.510 e. The van der Waals surface area contributed by atoms with Gasteiger partial charge in [-0.1, -0.05) is 41.1 Å². The van der Waals surface area contributed by atoms with Gasteiger partial charge in [0.05, 0.1) is 16.8 Å². The van der Waals surface area contributed by atoms with E-state index >= 15 is 0 Å². The van der Waals surface area contributed by atoms with Gasteiger partial charge in [-0.3, -0.25) is 0 Å². The number of thioether (sulfide) groups is 1. The van der Waals surface area contributed by atoms with Gasteiger partial charge in [0.1, 0.15) is 17.4 Å². The summed E-state index contributed by atoms with van der Waals surface area (Å²) in [7, 11) is 1.82. The number of nitriles is 1. The molecule has 2 aromatic heterocycles. The second kappa shape index (κ2) is 8.05. The second-order valence-corrected chi connectivity index (χ2v) is 7.88. The monoisotopic (exact) mass is 417 g/mol. The number of aliphatic hydroxyl groups excluding tert-OH is 1. The van der Waals surface area contributed by atoms with E-state index in [1.165, 1.54) is 11.8 Å². The van der Waals surface area contributed by atoms with Crippen LogP contribution in [0.5, 0.6) is 0 Å². The molecule has 0 aliphatic heterocycles. The predicted octanol–water partition coefficient (Wildman–Crippen LogP) is 4.83. The lowest BCUT2D eigenvalue weighted by Crippen LogP contribution is -2.00. The van der Waals surface area contributed by atoms with Crippen molar-refractivity contribution in [3.8, 4) is 17.5 Å². The van der Waals surface area contributed by atoms with Gasteiger partial charge in [0.15, 0.2) is 5.82 Å². The molecule has 4 aromatic rings. The first-order valence-electron chi connectivity index (χ1n) is 9.25. The summed E-state index contributed by atoms with van der Waals surface area (Å²) in [4.78, 5) is 4.48. The fourth-order valence-electron chi connectivity index (χ4n) is 3.30. The molecule has 2 aromatic carbocycles. The first-order valence-corrected chi connectivity index (χ1v) is 10.2. The average Bonchev–Trinajstić information content (AvgIpc) is 3.32. The number of aliphatic hydroxyl groups is 1. The van der Waals surface area contributed by atoms with E-state index in [0.717, 1.165) is 27.7 Å². The van der Waals surface area contributed by atoms with Crippen LogP contribution >= 0.6 is 11.8 Å². The van der Waals surface area contributed by atoms with Crippen LogP contribution in [-0.4, -0.2) is 30.6 Å². The molecule has 0 amide bonds. The van der Waals surface area contributed by atoms with Crippen molar-refractivity contribution in [1.29, 1.82) is 5.26 Å². The van der Waals surface area contributed by atoms with Crippen molar-refractivity contribution in [3.63, 3.8) is 0 Å². The van der Waals surface area contributed by atoms with Crippen molar-refractivity contribution in [1.82, 2.24) is 19.7 Å². The number of rotatable bonds is 5. The number of benzene rings is 2. The number of fused-ring (bicyclic) bond motifs is 1. The maximum atomic E-state index is 10.6. The number of imidazole rings is 1. The molecule has 0 bridgehead atoms. The zero-order valence-corrected chi connectivity index (χ0v) is 17.6. The predicted molar refractivity (Wildman–Crippen MR) is 116 cm³/mol. The molecule has 0 saturated heterocycles. The zero-order chi connectivity index (χ0) is 21.3. The van der Waals surface area contributed by atoms with E-state index in [-0.39, 0.29) is 17.1 Å². The van der Waals surface area contributed by atoms with Crippen molar-refractivity contribution < 1.29 is 9.52 Å². The Morgan fingerprint density at radius 2 is 1.90 bits per heavy atom. The van der Waals surface area contributed by atoms with Crippen LogP contribution in [0.1, 0.15) is 17.0 Å². The van der Waals surface area contributed by atoms with E-state index in [0.29, 0.717) is 16.9 Å². The topological polar surface area (TPSA) is 101 Å². The molecule has 2 heterocycles. The number of aromatic nitrogens is 4. The van der Waals surface area contributed by atoms with Crippen molar-refractivity contribution in [2.45, 2.75) is 19.1 Å². The lowest BCUT2D eigenvalue weighted by atomic mass is 10.1. The van der Waals surface area contributed by atoms with Gasteiger partial charge < -0.3 is 14.1 Å². The Labute approximate surface area is 177 Å². The van der Waals surface area contributed by atoms with Crippen molar-refractivity contribution >= 4 is 28.4 Å². The van der Waals surface area contributed by atoms with Gasteiger partial charge in [0.25, 0.3) is 5.22 Å². The van der Waals surface area contributed by atoms with Crippen LogP contribution in [0.15, 0.2) is 57.9 Å². The summed E-state index contributed by atoms with van der Waals surface area (Å²) < 4.78 is 7.52. The molecule has 30 heavy (non-hydrogen) atoms. The standard InChI is InChI=1S/C22H19N5O2S/c1-13-8-14(2)10-15(9-13)21-25-26-22(29-21)30-12-19(28)16(11-23)20-24-17-6-4-5-7-18(17)27(20)3/h4-10,28H,12H2,1-3H3/b19-16-. The van der Waals surface area contributed by atoms with Gasteiger partial charge in [-0.05, 0) is 38.1 Å². The van der Waals surface area contributed by atoms with E-state index in [4.69, 9.17) is 4.42 Å². The molecule has 4 rings (SSSR count). The first kappa shape index (κ1) is 19.7. The van der Waals surface area contributed by atoms with Gasteiger partial charge in [-0.15, -0.1) is 10.2 Å². The first-order chi connectivity index (χ1) is 14.5. The van der Waals surface area contributed by atoms with Crippen LogP contribution in [0.2, 0.25) is 0 Å². The van der Waals surface area contributed by atoms with Gasteiger partial charge in [0, 0.05) is 12.6 Å². The minimum absolute atomic E-state index is 0.0907. The summed E-state index contributed by atoms with van der Waals surface area (Å²) in [6, 6.07) is 15.7. The maximum absolute atomic E-state index is 10.6. The highest BCUT2D eigenvalue weighted by molar-refractivity contribution is 7.99. The van der Waals surface area contributed by atoms with Crippen molar-refractivity contribution in [2.75, 3.05) is 5.75 Å². The zero-order valence-electron chi connectivity index (χ0n) is 16.7. The van der Waals surface area contributed by atoms with Crippen LogP contribution in [0.3, 0.4) is 0 Å². The van der Waals surface area contributed by atoms with Gasteiger partial charge >= 0.3 is 0 Å². The molecule has 0 unspecified atom stereocenters. The third kappa shape index (κ3) is 3.80. The third-order valence-electron chi connectivity index (χ3n) is 4.62. The number of hydrogen-bond donors (Lipinski definition) is 1. The highest BCUT2D eigenvalue weighted by Gasteiger charge is 2.18. The fraction of sp³-hybridized carbons (Fsp3) is 0.182. The van der Waals surface area contributed by atoms with Crippen molar-refractivity contribution in [3.05, 3.63) is 65.2 Å². The molecule has 150 valence electrons. The van der Waals surface area contributed by atoms with Crippen molar-refractivity contribution in [2.24, 2.45) is 7.05 Å². The summed E-state index contributed by atoms with van der Waals surface area (Å²) in [5.41, 5.74) is 4.84. The third-order valence-corrected chi connectivity index (χ3v) is 5.45. The van der Waals surface area contributed by atoms with Crippen LogP contribution in [0.25, 0.3) is 28.1 Å². The van der Waals surface area contributed by atoms with Gasteiger partial charge in [0.2, 0.25) is 5.89 Å². The number of para-hydroxylation sites is 2. The number of hydrogen-bond acceptors (Lipinski definition) is 7. The van der Waals surface area contributed by atoms with Gasteiger partial charge in [-0.25, -0.2) is 4.98 Å². The van der Waals surface area contributed by atoms with E-state index in [1.807, 2.05) is 57.3 Å². The Bertz CT molecular complexity index is 1290. The fourth-order valence-corrected chi connectivity index (χ4v) is 3.94. The van der Waals surface area contributed by atoms with Crippen LogP contribution < -0.4 is 0 Å². The Hall–Kier alpha value is -3.57. The molecular formula is C22H19N5O2S. The molecule has 8 heteroatoms. The van der Waals surface area contributed by atoms with Crippen LogP contribution in [-0.2, 0) is 7.05 Å². The van der Waals surface area contributed by atoms with E-state index in [1.54, 1.807) is 4.57 Å². The SMILES string of the molecule is Cc1cc(C)cc(-c2nnc(SC/C(O)=C(\C#N)c3nc4ccccc4n3C)o2)c1. The second-order valence-electron chi connectivity index (χ2n) is 6.95. The molecule has 0 atom stereocenters. The number of aryl methyl sites for hydroxylation is 3. The molecule has 0 aliphatic carbocycles. The highest BCUT2D eigenvalue weighted by Crippen LogP contribution is 2.28. The molecule has 0 aliphatic rings. The van der Waals surface area contributed by atoms with E-state index in [2.05, 4.69) is 27.3 Å². The molecule has 0 saturated carbocycles.